The highest BCUT2D eigenvalue weighted by Gasteiger charge is 2.00. The summed E-state index contributed by atoms with van der Waals surface area (Å²) >= 11 is 3.41. The van der Waals surface area contributed by atoms with Crippen LogP contribution < -0.4 is 0 Å². The molecule has 1 rings (SSSR count). The molecule has 0 aromatic heterocycles. The fraction of sp³-hybridized carbons (Fsp3) is 0.364. The molecule has 0 radical (unpaired) electrons. The van der Waals surface area contributed by atoms with Crippen molar-refractivity contribution in [2.75, 3.05) is 0 Å². The van der Waals surface area contributed by atoms with E-state index in [1.165, 1.54) is 11.1 Å². The van der Waals surface area contributed by atoms with Crippen molar-refractivity contribution in [2.24, 2.45) is 0 Å². The van der Waals surface area contributed by atoms with E-state index in [1.807, 2.05) is 6.07 Å². The third kappa shape index (κ3) is 3.31. The Morgan fingerprint density at radius 3 is 2.69 bits per heavy atom. The molecule has 1 aromatic rings. The predicted molar refractivity (Wildman–Crippen MR) is 57.9 cm³/mol. The molecule has 13 heavy (non-hydrogen) atoms. The van der Waals surface area contributed by atoms with Gasteiger partial charge in [-0.15, -0.1) is 0 Å². The molecule has 0 unspecified atom stereocenters. The fourth-order valence-electron chi connectivity index (χ4n) is 1.25. The standard InChI is InChI=1S/C11H13BrO/c1-8-7-11(12)6-5-10(8)4-3-9(2)13/h5-7H,3-4H2,1-2H3. The second kappa shape index (κ2) is 4.56. The van der Waals surface area contributed by atoms with Crippen LogP contribution in [0.1, 0.15) is 24.5 Å². The molecule has 0 saturated carbocycles. The number of carbonyl (C=O) groups excluding carboxylic acids is 1. The molecule has 0 fully saturated rings. The summed E-state index contributed by atoms with van der Waals surface area (Å²) in [7, 11) is 0. The molecule has 0 spiro atoms. The average molecular weight is 241 g/mol. The van der Waals surface area contributed by atoms with Crippen LogP contribution in [0, 0.1) is 6.92 Å². The second-order valence-corrected chi connectivity index (χ2v) is 4.19. The van der Waals surface area contributed by atoms with Crippen molar-refractivity contribution in [3.8, 4) is 0 Å². The zero-order valence-corrected chi connectivity index (χ0v) is 9.52. The summed E-state index contributed by atoms with van der Waals surface area (Å²) in [6, 6.07) is 6.17. The van der Waals surface area contributed by atoms with E-state index in [2.05, 4.69) is 35.0 Å². The number of hydrogen-bond donors (Lipinski definition) is 0. The molecule has 70 valence electrons. The Hall–Kier alpha value is -0.630. The van der Waals surface area contributed by atoms with Crippen LogP contribution in [0.2, 0.25) is 0 Å². The molecular weight excluding hydrogens is 228 g/mol. The van der Waals surface area contributed by atoms with E-state index in [9.17, 15) is 4.79 Å². The van der Waals surface area contributed by atoms with Gasteiger partial charge in [0.2, 0.25) is 0 Å². The lowest BCUT2D eigenvalue weighted by Gasteiger charge is -2.04. The molecule has 1 aromatic carbocycles. The average Bonchev–Trinajstić information content (AvgIpc) is 2.02. The van der Waals surface area contributed by atoms with Crippen molar-refractivity contribution in [1.82, 2.24) is 0 Å². The molecule has 0 atom stereocenters. The van der Waals surface area contributed by atoms with Crippen molar-refractivity contribution in [1.29, 1.82) is 0 Å². The Morgan fingerprint density at radius 1 is 1.46 bits per heavy atom. The summed E-state index contributed by atoms with van der Waals surface area (Å²) in [6.07, 6.45) is 1.50. The number of benzene rings is 1. The van der Waals surface area contributed by atoms with Crippen molar-refractivity contribution < 1.29 is 4.79 Å². The zero-order chi connectivity index (χ0) is 9.84. The first-order valence-electron chi connectivity index (χ1n) is 4.34. The van der Waals surface area contributed by atoms with Crippen LogP contribution in [0.3, 0.4) is 0 Å². The lowest BCUT2D eigenvalue weighted by molar-refractivity contribution is -0.116. The summed E-state index contributed by atoms with van der Waals surface area (Å²) < 4.78 is 1.09. The van der Waals surface area contributed by atoms with E-state index in [1.54, 1.807) is 6.92 Å². The third-order valence-corrected chi connectivity index (χ3v) is 2.54. The summed E-state index contributed by atoms with van der Waals surface area (Å²) in [4.78, 5) is 10.8. The van der Waals surface area contributed by atoms with Gasteiger partial charge in [-0.05, 0) is 43.5 Å². The highest BCUT2D eigenvalue weighted by molar-refractivity contribution is 9.10. The topological polar surface area (TPSA) is 17.1 Å². The van der Waals surface area contributed by atoms with Gasteiger partial charge in [-0.3, -0.25) is 0 Å². The molecule has 0 bridgehead atoms. The summed E-state index contributed by atoms with van der Waals surface area (Å²) in [5, 5.41) is 0. The molecule has 0 aliphatic rings. The maximum atomic E-state index is 10.8. The van der Waals surface area contributed by atoms with E-state index < -0.39 is 0 Å². The van der Waals surface area contributed by atoms with Gasteiger partial charge in [-0.1, -0.05) is 22.0 Å². The normalized spacial score (nSPS) is 10.1. The highest BCUT2D eigenvalue weighted by atomic mass is 79.9. The lowest BCUT2D eigenvalue weighted by atomic mass is 10.0. The molecule has 0 saturated heterocycles. The Kier molecular flexibility index (Phi) is 3.67. The molecule has 2 heteroatoms. The van der Waals surface area contributed by atoms with Gasteiger partial charge in [0, 0.05) is 10.9 Å². The Labute approximate surface area is 87.3 Å². The van der Waals surface area contributed by atoms with Crippen LogP contribution in [0.5, 0.6) is 0 Å². The van der Waals surface area contributed by atoms with Crippen molar-refractivity contribution in [2.45, 2.75) is 26.7 Å². The van der Waals surface area contributed by atoms with Crippen molar-refractivity contribution in [3.05, 3.63) is 33.8 Å². The molecule has 0 amide bonds. The quantitative estimate of drug-likeness (QED) is 0.793. The minimum Gasteiger partial charge on any atom is -0.300 e. The number of Topliss-reactive ketones (excluding diaryl/α,β-unsaturated/α-hetero) is 1. The van der Waals surface area contributed by atoms with Gasteiger partial charge in [-0.25, -0.2) is 0 Å². The number of ketones is 1. The van der Waals surface area contributed by atoms with Crippen molar-refractivity contribution >= 4 is 21.7 Å². The SMILES string of the molecule is CC(=O)CCc1ccc(Br)cc1C. The number of rotatable bonds is 3. The molecular formula is C11H13BrO. The van der Waals surface area contributed by atoms with Crippen LogP contribution in [-0.2, 0) is 11.2 Å². The molecule has 0 aliphatic heterocycles. The first-order valence-corrected chi connectivity index (χ1v) is 5.13. The first-order chi connectivity index (χ1) is 6.09. The predicted octanol–water partition coefficient (Wildman–Crippen LogP) is 3.28. The third-order valence-electron chi connectivity index (χ3n) is 2.05. The molecule has 1 nitrogen and oxygen atoms in total. The van der Waals surface area contributed by atoms with E-state index in [4.69, 9.17) is 0 Å². The monoisotopic (exact) mass is 240 g/mol. The fourth-order valence-corrected chi connectivity index (χ4v) is 1.73. The van der Waals surface area contributed by atoms with Crippen LogP contribution in [0.4, 0.5) is 0 Å². The second-order valence-electron chi connectivity index (χ2n) is 3.27. The van der Waals surface area contributed by atoms with E-state index >= 15 is 0 Å². The first kappa shape index (κ1) is 10.5. The minimum absolute atomic E-state index is 0.252. The van der Waals surface area contributed by atoms with Gasteiger partial charge < -0.3 is 4.79 Å². The highest BCUT2D eigenvalue weighted by Crippen LogP contribution is 2.16. The van der Waals surface area contributed by atoms with Crippen LogP contribution in [-0.4, -0.2) is 5.78 Å². The number of halogens is 1. The summed E-state index contributed by atoms with van der Waals surface area (Å²) in [6.45, 7) is 3.70. The molecule has 0 N–H and O–H groups in total. The number of carbonyl (C=O) groups is 1. The molecule has 0 aliphatic carbocycles. The summed E-state index contributed by atoms with van der Waals surface area (Å²) in [5.41, 5.74) is 2.51. The smallest absolute Gasteiger partial charge is 0.130 e. The number of aryl methyl sites for hydroxylation is 2. The van der Waals surface area contributed by atoms with Crippen LogP contribution in [0.25, 0.3) is 0 Å². The summed E-state index contributed by atoms with van der Waals surface area (Å²) in [5.74, 6) is 0.252. The van der Waals surface area contributed by atoms with Crippen molar-refractivity contribution in [3.63, 3.8) is 0 Å². The van der Waals surface area contributed by atoms with Gasteiger partial charge in [0.1, 0.15) is 5.78 Å². The van der Waals surface area contributed by atoms with E-state index in [-0.39, 0.29) is 5.78 Å². The maximum Gasteiger partial charge on any atom is 0.130 e. The van der Waals surface area contributed by atoms with Gasteiger partial charge in [0.15, 0.2) is 0 Å². The number of hydrogen-bond acceptors (Lipinski definition) is 1. The lowest BCUT2D eigenvalue weighted by Crippen LogP contribution is -1.95. The Bertz CT molecular complexity index is 318. The molecule has 0 heterocycles. The Balaban J connectivity index is 2.72. The van der Waals surface area contributed by atoms with E-state index in [0.29, 0.717) is 6.42 Å². The minimum atomic E-state index is 0.252. The maximum absolute atomic E-state index is 10.8. The van der Waals surface area contributed by atoms with Gasteiger partial charge in [0.25, 0.3) is 0 Å². The van der Waals surface area contributed by atoms with Gasteiger partial charge in [-0.2, -0.15) is 0 Å². The van der Waals surface area contributed by atoms with Crippen LogP contribution >= 0.6 is 15.9 Å². The van der Waals surface area contributed by atoms with Gasteiger partial charge >= 0.3 is 0 Å². The van der Waals surface area contributed by atoms with E-state index in [0.717, 1.165) is 10.9 Å². The van der Waals surface area contributed by atoms with Crippen LogP contribution in [0.15, 0.2) is 22.7 Å². The van der Waals surface area contributed by atoms with Gasteiger partial charge in [0.05, 0.1) is 0 Å². The largest absolute Gasteiger partial charge is 0.300 e. The Morgan fingerprint density at radius 2 is 2.15 bits per heavy atom. The zero-order valence-electron chi connectivity index (χ0n) is 7.93.